The van der Waals surface area contributed by atoms with Crippen LogP contribution < -0.4 is 5.73 Å². The maximum atomic E-state index is 10.1. The number of hydrogen-bond acceptors (Lipinski definition) is 2. The molecule has 0 fully saturated rings. The zero-order chi connectivity index (χ0) is 7.44. The summed E-state index contributed by atoms with van der Waals surface area (Å²) >= 11 is 0. The van der Waals surface area contributed by atoms with Crippen LogP contribution in [0.1, 0.15) is 13.8 Å². The highest BCUT2D eigenvalue weighted by Crippen LogP contribution is 1.96. The molecule has 3 heteroatoms. The van der Waals surface area contributed by atoms with Gasteiger partial charge in [-0.15, -0.1) is 0 Å². The van der Waals surface area contributed by atoms with Crippen LogP contribution >= 0.6 is 0 Å². The van der Waals surface area contributed by atoms with Gasteiger partial charge in [-0.1, -0.05) is 6.08 Å². The highest BCUT2D eigenvalue weighted by atomic mass is 16.4. The first-order valence-corrected chi connectivity index (χ1v) is 2.70. The molecule has 0 bridgehead atoms. The number of allylic oxidation sites excluding steroid dienone is 1. The molecule has 0 heterocycles. The SMILES string of the molecule is C/C=C(\C)[C@H](N)C(=O)O. The summed E-state index contributed by atoms with van der Waals surface area (Å²) < 4.78 is 0. The summed E-state index contributed by atoms with van der Waals surface area (Å²) in [5.74, 6) is -0.981. The summed E-state index contributed by atoms with van der Waals surface area (Å²) in [6.07, 6.45) is 1.69. The first-order chi connectivity index (χ1) is 4.09. The Bertz CT molecular complexity index is 140. The third kappa shape index (κ3) is 2.28. The molecule has 0 saturated heterocycles. The number of rotatable bonds is 2. The van der Waals surface area contributed by atoms with Crippen molar-refractivity contribution in [1.29, 1.82) is 0 Å². The standard InChI is InChI=1S/C6H11NO2/c1-3-4(2)5(7)6(8)9/h3,5H,7H2,1-2H3,(H,8,9)/b4-3+/t5-/m0/s1. The summed E-state index contributed by atoms with van der Waals surface area (Å²) in [7, 11) is 0. The number of hydrogen-bond donors (Lipinski definition) is 2. The number of nitrogens with two attached hydrogens (primary N) is 1. The lowest BCUT2D eigenvalue weighted by atomic mass is 10.1. The van der Waals surface area contributed by atoms with E-state index in [0.29, 0.717) is 5.57 Å². The van der Waals surface area contributed by atoms with Crippen LogP contribution in [0, 0.1) is 0 Å². The van der Waals surface area contributed by atoms with Crippen LogP contribution in [-0.2, 0) is 4.79 Å². The lowest BCUT2D eigenvalue weighted by Gasteiger charge is -2.03. The van der Waals surface area contributed by atoms with Crippen molar-refractivity contribution in [3.63, 3.8) is 0 Å². The molecule has 0 rings (SSSR count). The Labute approximate surface area is 54.2 Å². The van der Waals surface area contributed by atoms with E-state index in [1.807, 2.05) is 0 Å². The van der Waals surface area contributed by atoms with Crippen molar-refractivity contribution in [2.45, 2.75) is 19.9 Å². The van der Waals surface area contributed by atoms with Crippen molar-refractivity contribution in [3.05, 3.63) is 11.6 Å². The van der Waals surface area contributed by atoms with Gasteiger partial charge >= 0.3 is 5.97 Å². The molecular formula is C6H11NO2. The van der Waals surface area contributed by atoms with Crippen LogP contribution in [0.2, 0.25) is 0 Å². The molecule has 0 radical (unpaired) electrons. The Morgan fingerprint density at radius 3 is 2.33 bits per heavy atom. The van der Waals surface area contributed by atoms with Crippen LogP contribution in [0.3, 0.4) is 0 Å². The molecule has 52 valence electrons. The van der Waals surface area contributed by atoms with Crippen molar-refractivity contribution in [3.8, 4) is 0 Å². The van der Waals surface area contributed by atoms with E-state index in [1.165, 1.54) is 0 Å². The molecule has 3 N–H and O–H groups in total. The van der Waals surface area contributed by atoms with Gasteiger partial charge in [0.2, 0.25) is 0 Å². The number of carboxylic acid groups (broad SMARTS) is 1. The topological polar surface area (TPSA) is 63.3 Å². The van der Waals surface area contributed by atoms with Gasteiger partial charge in [0.1, 0.15) is 6.04 Å². The van der Waals surface area contributed by atoms with E-state index in [-0.39, 0.29) is 0 Å². The van der Waals surface area contributed by atoms with Crippen LogP contribution in [0.25, 0.3) is 0 Å². The van der Waals surface area contributed by atoms with Crippen LogP contribution in [0.4, 0.5) is 0 Å². The van der Waals surface area contributed by atoms with E-state index < -0.39 is 12.0 Å². The van der Waals surface area contributed by atoms with Crippen molar-refractivity contribution < 1.29 is 9.90 Å². The Balaban J connectivity index is 4.04. The van der Waals surface area contributed by atoms with Gasteiger partial charge < -0.3 is 10.8 Å². The van der Waals surface area contributed by atoms with Gasteiger partial charge in [-0.05, 0) is 19.4 Å². The molecule has 1 atom stereocenters. The zero-order valence-corrected chi connectivity index (χ0v) is 5.59. The predicted octanol–water partition coefficient (Wildman–Crippen LogP) is 0.365. The molecule has 0 aromatic carbocycles. The Morgan fingerprint density at radius 1 is 1.78 bits per heavy atom. The molecule has 9 heavy (non-hydrogen) atoms. The molecule has 0 saturated carbocycles. The minimum atomic E-state index is -0.981. The third-order valence-electron chi connectivity index (χ3n) is 1.21. The van der Waals surface area contributed by atoms with Crippen molar-refractivity contribution in [2.24, 2.45) is 5.73 Å². The van der Waals surface area contributed by atoms with E-state index in [4.69, 9.17) is 10.8 Å². The third-order valence-corrected chi connectivity index (χ3v) is 1.21. The number of carbonyl (C=O) groups is 1. The lowest BCUT2D eigenvalue weighted by molar-refractivity contribution is -0.137. The Morgan fingerprint density at radius 2 is 2.22 bits per heavy atom. The maximum absolute atomic E-state index is 10.1. The van der Waals surface area contributed by atoms with Crippen LogP contribution in [-0.4, -0.2) is 17.1 Å². The number of aliphatic carboxylic acids is 1. The first kappa shape index (κ1) is 8.17. The van der Waals surface area contributed by atoms with Gasteiger partial charge in [-0.2, -0.15) is 0 Å². The maximum Gasteiger partial charge on any atom is 0.324 e. The molecule has 0 aliphatic heterocycles. The summed E-state index contributed by atoms with van der Waals surface area (Å²) in [6.45, 7) is 3.46. The minimum absolute atomic E-state index is 0.683. The van der Waals surface area contributed by atoms with Crippen LogP contribution in [0.5, 0.6) is 0 Å². The smallest absolute Gasteiger partial charge is 0.324 e. The van der Waals surface area contributed by atoms with Crippen molar-refractivity contribution >= 4 is 5.97 Å². The molecule has 0 aromatic rings. The van der Waals surface area contributed by atoms with Gasteiger partial charge in [0.05, 0.1) is 0 Å². The molecule has 0 aromatic heterocycles. The highest BCUT2D eigenvalue weighted by Gasteiger charge is 2.11. The van der Waals surface area contributed by atoms with Crippen molar-refractivity contribution in [2.75, 3.05) is 0 Å². The summed E-state index contributed by atoms with van der Waals surface area (Å²) in [5.41, 5.74) is 5.89. The quantitative estimate of drug-likeness (QED) is 0.529. The van der Waals surface area contributed by atoms with E-state index in [1.54, 1.807) is 19.9 Å². The average Bonchev–Trinajstić information content (AvgIpc) is 1.84. The van der Waals surface area contributed by atoms with Gasteiger partial charge in [0, 0.05) is 0 Å². The first-order valence-electron chi connectivity index (χ1n) is 2.70. The Kier molecular flexibility index (Phi) is 2.95. The Hall–Kier alpha value is -0.830. The molecule has 0 unspecified atom stereocenters. The zero-order valence-electron chi connectivity index (χ0n) is 5.59. The second-order valence-corrected chi connectivity index (χ2v) is 1.85. The van der Waals surface area contributed by atoms with Crippen molar-refractivity contribution in [1.82, 2.24) is 0 Å². The second-order valence-electron chi connectivity index (χ2n) is 1.85. The fraction of sp³-hybridized carbons (Fsp3) is 0.500. The van der Waals surface area contributed by atoms with Gasteiger partial charge in [0.25, 0.3) is 0 Å². The predicted molar refractivity (Wildman–Crippen MR) is 35.0 cm³/mol. The molecule has 0 amide bonds. The van der Waals surface area contributed by atoms with E-state index in [2.05, 4.69) is 0 Å². The van der Waals surface area contributed by atoms with E-state index in [0.717, 1.165) is 0 Å². The summed E-state index contributed by atoms with van der Waals surface area (Å²) in [5, 5.41) is 8.32. The lowest BCUT2D eigenvalue weighted by Crippen LogP contribution is -2.30. The molecule has 0 aliphatic rings. The molecule has 3 nitrogen and oxygen atoms in total. The minimum Gasteiger partial charge on any atom is -0.480 e. The normalized spacial score (nSPS) is 15.2. The van der Waals surface area contributed by atoms with Gasteiger partial charge in [-0.25, -0.2) is 0 Å². The molecular weight excluding hydrogens is 118 g/mol. The monoisotopic (exact) mass is 129 g/mol. The van der Waals surface area contributed by atoms with E-state index in [9.17, 15) is 4.79 Å². The highest BCUT2D eigenvalue weighted by molar-refractivity contribution is 5.76. The fourth-order valence-electron chi connectivity index (χ4n) is 0.374. The fourth-order valence-corrected chi connectivity index (χ4v) is 0.374. The summed E-state index contributed by atoms with van der Waals surface area (Å²) in [6, 6.07) is -0.838. The largest absolute Gasteiger partial charge is 0.480 e. The second kappa shape index (κ2) is 3.25. The van der Waals surface area contributed by atoms with Crippen LogP contribution in [0.15, 0.2) is 11.6 Å². The number of carboxylic acids is 1. The average molecular weight is 129 g/mol. The molecule has 0 aliphatic carbocycles. The molecule has 0 spiro atoms. The summed E-state index contributed by atoms with van der Waals surface area (Å²) in [4.78, 5) is 10.1. The van der Waals surface area contributed by atoms with E-state index >= 15 is 0 Å². The van der Waals surface area contributed by atoms with Gasteiger partial charge in [0.15, 0.2) is 0 Å². The van der Waals surface area contributed by atoms with Gasteiger partial charge in [-0.3, -0.25) is 4.79 Å².